The molecule has 35 heavy (non-hydrogen) atoms. The van der Waals surface area contributed by atoms with E-state index in [1.165, 1.54) is 35.9 Å². The molecule has 0 bridgehead atoms. The first-order valence-corrected chi connectivity index (χ1v) is 12.3. The Labute approximate surface area is 201 Å². The highest BCUT2D eigenvalue weighted by molar-refractivity contribution is 7.89. The van der Waals surface area contributed by atoms with Crippen molar-refractivity contribution in [2.45, 2.75) is 31.4 Å². The van der Waals surface area contributed by atoms with E-state index in [9.17, 15) is 18.0 Å². The number of sulfonamides is 1. The summed E-state index contributed by atoms with van der Waals surface area (Å²) in [5.74, 6) is -0.0642. The number of nitrogens with one attached hydrogen (secondary N) is 1. The molecular weight excluding hydrogens is 474 g/mol. The number of rotatable bonds is 8. The summed E-state index contributed by atoms with van der Waals surface area (Å²) in [4.78, 5) is 25.5. The summed E-state index contributed by atoms with van der Waals surface area (Å²) >= 11 is 0. The second-order valence-electron chi connectivity index (χ2n) is 8.26. The average Bonchev–Trinajstić information content (AvgIpc) is 3.28. The van der Waals surface area contributed by atoms with E-state index in [0.717, 1.165) is 0 Å². The van der Waals surface area contributed by atoms with Gasteiger partial charge in [-0.2, -0.15) is 4.72 Å². The smallest absolute Gasteiger partial charge is 0.324 e. The monoisotopic (exact) mass is 499 g/mol. The van der Waals surface area contributed by atoms with Crippen molar-refractivity contribution in [3.8, 4) is 5.75 Å². The quantitative estimate of drug-likeness (QED) is 0.362. The maximum absolute atomic E-state index is 12.9. The Morgan fingerprint density at radius 2 is 1.77 bits per heavy atom. The number of aromatic nitrogens is 4. The first-order chi connectivity index (χ1) is 16.6. The average molecular weight is 500 g/mol. The van der Waals surface area contributed by atoms with Crippen molar-refractivity contribution in [2.75, 3.05) is 7.11 Å². The number of nitrogens with zero attached hydrogens (tertiary/aromatic N) is 4. The van der Waals surface area contributed by atoms with Gasteiger partial charge in [-0.15, -0.1) is 10.2 Å². The van der Waals surface area contributed by atoms with Crippen LogP contribution in [0.2, 0.25) is 0 Å². The van der Waals surface area contributed by atoms with Gasteiger partial charge in [0.2, 0.25) is 15.8 Å². The lowest BCUT2D eigenvalue weighted by Crippen LogP contribution is -2.45. The normalized spacial score (nSPS) is 12.8. The van der Waals surface area contributed by atoms with Crippen LogP contribution in [0, 0.1) is 5.92 Å². The number of aryl methyl sites for hydroxylation is 1. The molecule has 2 aromatic heterocycles. The molecule has 0 aliphatic rings. The molecule has 0 saturated carbocycles. The van der Waals surface area contributed by atoms with Gasteiger partial charge in [0, 0.05) is 7.05 Å². The number of hydrogen-bond acceptors (Lipinski definition) is 8. The van der Waals surface area contributed by atoms with Crippen LogP contribution in [-0.4, -0.2) is 46.7 Å². The first-order valence-electron chi connectivity index (χ1n) is 10.8. The summed E-state index contributed by atoms with van der Waals surface area (Å²) < 4.78 is 41.7. The number of benzene rings is 2. The second kappa shape index (κ2) is 9.47. The van der Waals surface area contributed by atoms with Crippen molar-refractivity contribution in [2.24, 2.45) is 13.0 Å². The molecule has 0 spiro atoms. The SMILES string of the molecule is COc1ccc(S(=O)(=O)N[C@H](C(=O)OCc2nnc3n(C)c(=O)c4ccccc4n23)C(C)C)cc1. The van der Waals surface area contributed by atoms with E-state index in [-0.39, 0.29) is 17.1 Å². The third-order valence-corrected chi connectivity index (χ3v) is 7.07. The van der Waals surface area contributed by atoms with Crippen LogP contribution in [0.1, 0.15) is 19.7 Å². The Morgan fingerprint density at radius 1 is 1.09 bits per heavy atom. The van der Waals surface area contributed by atoms with Gasteiger partial charge in [0.1, 0.15) is 11.8 Å². The van der Waals surface area contributed by atoms with E-state index in [0.29, 0.717) is 28.3 Å². The van der Waals surface area contributed by atoms with Crippen molar-refractivity contribution in [1.82, 2.24) is 23.9 Å². The van der Waals surface area contributed by atoms with Gasteiger partial charge in [-0.25, -0.2) is 8.42 Å². The van der Waals surface area contributed by atoms with E-state index in [4.69, 9.17) is 9.47 Å². The summed E-state index contributed by atoms with van der Waals surface area (Å²) in [7, 11) is -0.938. The highest BCUT2D eigenvalue weighted by Crippen LogP contribution is 2.18. The number of esters is 1. The van der Waals surface area contributed by atoms with Crippen molar-refractivity contribution in [1.29, 1.82) is 0 Å². The topological polar surface area (TPSA) is 134 Å². The lowest BCUT2D eigenvalue weighted by atomic mass is 10.1. The van der Waals surface area contributed by atoms with E-state index < -0.39 is 28.0 Å². The van der Waals surface area contributed by atoms with Gasteiger partial charge in [0.25, 0.3) is 5.56 Å². The summed E-state index contributed by atoms with van der Waals surface area (Å²) in [6.07, 6.45) is 0. The molecule has 0 amide bonds. The molecule has 0 unspecified atom stereocenters. The van der Waals surface area contributed by atoms with Crippen LogP contribution in [0.25, 0.3) is 16.7 Å². The van der Waals surface area contributed by atoms with Crippen molar-refractivity contribution in [3.05, 3.63) is 64.7 Å². The van der Waals surface area contributed by atoms with Gasteiger partial charge in [-0.3, -0.25) is 18.6 Å². The Bertz CT molecular complexity index is 1560. The van der Waals surface area contributed by atoms with Crippen molar-refractivity contribution >= 4 is 32.7 Å². The van der Waals surface area contributed by atoms with Crippen LogP contribution in [-0.2, 0) is 33.2 Å². The van der Waals surface area contributed by atoms with Crippen LogP contribution in [0.3, 0.4) is 0 Å². The molecule has 184 valence electrons. The molecule has 11 nitrogen and oxygen atoms in total. The number of carbonyl (C=O) groups excluding carboxylic acids is 1. The van der Waals surface area contributed by atoms with Crippen LogP contribution >= 0.6 is 0 Å². The van der Waals surface area contributed by atoms with Crippen LogP contribution in [0.5, 0.6) is 5.75 Å². The van der Waals surface area contributed by atoms with Gasteiger partial charge in [-0.1, -0.05) is 26.0 Å². The molecule has 1 N–H and O–H groups in total. The third-order valence-electron chi connectivity index (χ3n) is 5.61. The number of ether oxygens (including phenoxy) is 2. The molecule has 2 heterocycles. The van der Waals surface area contributed by atoms with Crippen LogP contribution in [0.4, 0.5) is 0 Å². The van der Waals surface area contributed by atoms with E-state index >= 15 is 0 Å². The second-order valence-corrected chi connectivity index (χ2v) is 9.97. The molecule has 4 rings (SSSR count). The van der Waals surface area contributed by atoms with Gasteiger partial charge in [-0.05, 0) is 42.3 Å². The number of methoxy groups -OCH3 is 1. The van der Waals surface area contributed by atoms with Crippen molar-refractivity contribution in [3.63, 3.8) is 0 Å². The van der Waals surface area contributed by atoms with Crippen LogP contribution in [0.15, 0.2) is 58.2 Å². The van der Waals surface area contributed by atoms with E-state index in [1.807, 2.05) is 0 Å². The lowest BCUT2D eigenvalue weighted by molar-refractivity contribution is -0.148. The Balaban J connectivity index is 1.58. The highest BCUT2D eigenvalue weighted by atomic mass is 32.2. The molecule has 0 fully saturated rings. The minimum Gasteiger partial charge on any atom is -0.497 e. The number of carbonyl (C=O) groups is 1. The molecule has 0 aliphatic heterocycles. The fraction of sp³-hybridized carbons (Fsp3) is 0.304. The lowest BCUT2D eigenvalue weighted by Gasteiger charge is -2.20. The third kappa shape index (κ3) is 4.62. The molecule has 1 atom stereocenters. The maximum Gasteiger partial charge on any atom is 0.324 e. The van der Waals surface area contributed by atoms with Gasteiger partial charge >= 0.3 is 5.97 Å². The molecular formula is C23H25N5O6S. The summed E-state index contributed by atoms with van der Waals surface area (Å²) in [5.41, 5.74) is 0.346. The van der Waals surface area contributed by atoms with E-state index in [2.05, 4.69) is 14.9 Å². The van der Waals surface area contributed by atoms with Crippen molar-refractivity contribution < 1.29 is 22.7 Å². The van der Waals surface area contributed by atoms with E-state index in [1.54, 1.807) is 49.6 Å². The minimum atomic E-state index is -4.00. The van der Waals surface area contributed by atoms with Gasteiger partial charge in [0.15, 0.2) is 12.4 Å². The Kier molecular flexibility index (Phi) is 6.59. The highest BCUT2D eigenvalue weighted by Gasteiger charge is 2.30. The molecule has 0 saturated heterocycles. The molecule has 0 radical (unpaired) electrons. The molecule has 4 aromatic rings. The Hall–Kier alpha value is -3.77. The minimum absolute atomic E-state index is 0.00686. The fourth-order valence-corrected chi connectivity index (χ4v) is 4.99. The number of fused-ring (bicyclic) bond motifs is 3. The first kappa shape index (κ1) is 24.4. The number of para-hydroxylation sites is 1. The Morgan fingerprint density at radius 3 is 2.43 bits per heavy atom. The van der Waals surface area contributed by atoms with Crippen LogP contribution < -0.4 is 15.0 Å². The fourth-order valence-electron chi connectivity index (χ4n) is 3.66. The van der Waals surface area contributed by atoms with Gasteiger partial charge in [0.05, 0.1) is 22.9 Å². The van der Waals surface area contributed by atoms with Gasteiger partial charge < -0.3 is 9.47 Å². The molecule has 0 aliphatic carbocycles. The maximum atomic E-state index is 12.9. The summed E-state index contributed by atoms with van der Waals surface area (Å²) in [6, 6.07) is 11.7. The standard InChI is InChI=1S/C23H25N5O6S/c1-14(2)20(26-35(31,32)16-11-9-15(33-4)10-12-16)22(30)34-13-19-24-25-23-27(3)21(29)17-7-5-6-8-18(17)28(19)23/h5-12,14,20,26H,13H2,1-4H3/t20-/m0/s1. The number of hydrogen-bond donors (Lipinski definition) is 1. The molecule has 2 aromatic carbocycles. The predicted molar refractivity (Wildman–Crippen MR) is 127 cm³/mol. The molecule has 12 heteroatoms. The largest absolute Gasteiger partial charge is 0.497 e. The zero-order valence-corrected chi connectivity index (χ0v) is 20.4. The zero-order chi connectivity index (χ0) is 25.3. The summed E-state index contributed by atoms with van der Waals surface area (Å²) in [5, 5.41) is 8.61. The predicted octanol–water partition coefficient (Wildman–Crippen LogP) is 1.64. The zero-order valence-electron chi connectivity index (χ0n) is 19.6. The summed E-state index contributed by atoms with van der Waals surface area (Å²) in [6.45, 7) is 3.14.